The van der Waals surface area contributed by atoms with Gasteiger partial charge >= 0.3 is 5.97 Å². The van der Waals surface area contributed by atoms with Gasteiger partial charge in [0.25, 0.3) is 0 Å². The summed E-state index contributed by atoms with van der Waals surface area (Å²) in [5.41, 5.74) is -0.587. The molecule has 0 aliphatic carbocycles. The largest absolute Gasteiger partial charge is 0.468 e. The Bertz CT molecular complexity index is 246. The summed E-state index contributed by atoms with van der Waals surface area (Å²) < 4.78 is 10.5. The van der Waals surface area contributed by atoms with Crippen LogP contribution in [0.1, 0.15) is 65.7 Å². The molecule has 0 amide bonds. The fraction of sp³-hybridized carbons (Fsp3) is 0.938. The van der Waals surface area contributed by atoms with Crippen molar-refractivity contribution in [3.63, 3.8) is 0 Å². The number of methoxy groups -OCH3 is 1. The zero-order valence-corrected chi connectivity index (χ0v) is 13.8. The lowest BCUT2D eigenvalue weighted by Crippen LogP contribution is -2.50. The van der Waals surface area contributed by atoms with Crippen molar-refractivity contribution in [1.29, 1.82) is 0 Å². The second-order valence-electron chi connectivity index (χ2n) is 5.53. The predicted molar refractivity (Wildman–Crippen MR) is 82.9 cm³/mol. The van der Waals surface area contributed by atoms with Crippen LogP contribution in [0.15, 0.2) is 0 Å². The van der Waals surface area contributed by atoms with Crippen LogP contribution in [0.3, 0.4) is 0 Å². The fourth-order valence-corrected chi connectivity index (χ4v) is 2.15. The van der Waals surface area contributed by atoms with Crippen LogP contribution < -0.4 is 5.32 Å². The van der Waals surface area contributed by atoms with Crippen LogP contribution in [-0.2, 0) is 14.3 Å². The highest BCUT2D eigenvalue weighted by Crippen LogP contribution is 2.15. The van der Waals surface area contributed by atoms with Crippen molar-refractivity contribution in [3.8, 4) is 0 Å². The summed E-state index contributed by atoms with van der Waals surface area (Å²) in [5, 5.41) is 3.29. The summed E-state index contributed by atoms with van der Waals surface area (Å²) >= 11 is 0. The molecule has 0 aromatic heterocycles. The van der Waals surface area contributed by atoms with Crippen molar-refractivity contribution in [2.75, 3.05) is 26.9 Å². The Morgan fingerprint density at radius 2 is 1.75 bits per heavy atom. The minimum Gasteiger partial charge on any atom is -0.468 e. The molecule has 1 N–H and O–H groups in total. The van der Waals surface area contributed by atoms with Gasteiger partial charge in [-0.15, -0.1) is 0 Å². The average Bonchev–Trinajstić information content (AvgIpc) is 2.47. The lowest BCUT2D eigenvalue weighted by molar-refractivity contribution is -0.148. The van der Waals surface area contributed by atoms with Crippen LogP contribution in [0.5, 0.6) is 0 Å². The number of ether oxygens (including phenoxy) is 2. The van der Waals surface area contributed by atoms with E-state index in [1.54, 1.807) is 0 Å². The number of unbranched alkanes of at least 4 members (excludes halogenated alkanes) is 3. The quantitative estimate of drug-likeness (QED) is 0.417. The number of hydrogen-bond acceptors (Lipinski definition) is 4. The summed E-state index contributed by atoms with van der Waals surface area (Å²) in [6.45, 7) is 8.57. The van der Waals surface area contributed by atoms with Gasteiger partial charge in [-0.05, 0) is 39.2 Å². The highest BCUT2D eigenvalue weighted by Gasteiger charge is 2.32. The number of rotatable bonds is 13. The lowest BCUT2D eigenvalue weighted by Gasteiger charge is -2.28. The van der Waals surface area contributed by atoms with E-state index in [9.17, 15) is 4.79 Å². The first kappa shape index (κ1) is 19.4. The zero-order chi connectivity index (χ0) is 15.3. The molecule has 20 heavy (non-hydrogen) atoms. The number of carbonyl (C=O) groups excluding carboxylic acids is 1. The van der Waals surface area contributed by atoms with Crippen LogP contribution in [-0.4, -0.2) is 38.4 Å². The van der Waals surface area contributed by atoms with E-state index in [0.717, 1.165) is 38.8 Å². The molecule has 0 saturated carbocycles. The van der Waals surface area contributed by atoms with Crippen LogP contribution in [0.25, 0.3) is 0 Å². The minimum absolute atomic E-state index is 0.186. The van der Waals surface area contributed by atoms with Gasteiger partial charge in [-0.25, -0.2) is 0 Å². The molecule has 4 nitrogen and oxygen atoms in total. The fourth-order valence-electron chi connectivity index (χ4n) is 2.15. The van der Waals surface area contributed by atoms with E-state index in [2.05, 4.69) is 19.2 Å². The molecule has 0 saturated heterocycles. The highest BCUT2D eigenvalue weighted by molar-refractivity contribution is 5.80. The van der Waals surface area contributed by atoms with Crippen molar-refractivity contribution in [3.05, 3.63) is 0 Å². The van der Waals surface area contributed by atoms with E-state index in [-0.39, 0.29) is 5.97 Å². The van der Waals surface area contributed by atoms with E-state index >= 15 is 0 Å². The van der Waals surface area contributed by atoms with E-state index in [4.69, 9.17) is 9.47 Å². The minimum atomic E-state index is -0.587. The molecule has 1 unspecified atom stereocenters. The molecular weight excluding hydrogens is 254 g/mol. The highest BCUT2D eigenvalue weighted by atomic mass is 16.5. The third-order valence-corrected chi connectivity index (χ3v) is 3.51. The molecule has 0 aromatic carbocycles. The first-order valence-electron chi connectivity index (χ1n) is 8.02. The van der Waals surface area contributed by atoms with E-state index in [0.29, 0.717) is 6.61 Å². The van der Waals surface area contributed by atoms with Gasteiger partial charge in [0.2, 0.25) is 0 Å². The van der Waals surface area contributed by atoms with Crippen LogP contribution in [0, 0.1) is 0 Å². The topological polar surface area (TPSA) is 47.6 Å². The van der Waals surface area contributed by atoms with Gasteiger partial charge in [-0.3, -0.25) is 4.79 Å². The van der Waals surface area contributed by atoms with Gasteiger partial charge in [-0.2, -0.15) is 0 Å². The van der Waals surface area contributed by atoms with Crippen LogP contribution >= 0.6 is 0 Å². The maximum absolute atomic E-state index is 11.9. The van der Waals surface area contributed by atoms with Gasteiger partial charge < -0.3 is 14.8 Å². The molecule has 120 valence electrons. The molecule has 0 bridgehead atoms. The Labute approximate surface area is 124 Å². The molecule has 0 rings (SSSR count). The van der Waals surface area contributed by atoms with E-state index in [1.807, 2.05) is 6.92 Å². The average molecular weight is 287 g/mol. The first-order chi connectivity index (χ1) is 9.60. The Morgan fingerprint density at radius 1 is 1.05 bits per heavy atom. The summed E-state index contributed by atoms with van der Waals surface area (Å²) in [7, 11) is 1.44. The Hall–Kier alpha value is -0.610. The number of hydrogen-bond donors (Lipinski definition) is 1. The van der Waals surface area contributed by atoms with Crippen molar-refractivity contribution < 1.29 is 14.3 Å². The summed E-state index contributed by atoms with van der Waals surface area (Å²) in [4.78, 5) is 11.9. The molecular formula is C16H33NO3. The van der Waals surface area contributed by atoms with E-state index in [1.165, 1.54) is 26.4 Å². The standard InChI is InChI=1S/C16H33NO3/c1-5-7-8-9-13-20-14-10-11-16(3,15(18)19-4)17-12-6-2/h17H,5-14H2,1-4H3. The van der Waals surface area contributed by atoms with Gasteiger partial charge in [0.15, 0.2) is 0 Å². The summed E-state index contributed by atoms with van der Waals surface area (Å²) in [5.74, 6) is -0.186. The Morgan fingerprint density at radius 3 is 2.35 bits per heavy atom. The Kier molecular flexibility index (Phi) is 11.8. The third kappa shape index (κ3) is 8.54. The molecule has 4 heteroatoms. The molecule has 0 aromatic rings. The lowest BCUT2D eigenvalue weighted by atomic mass is 9.96. The molecule has 0 spiro atoms. The molecule has 0 heterocycles. The van der Waals surface area contributed by atoms with Crippen molar-refractivity contribution in [2.24, 2.45) is 0 Å². The first-order valence-corrected chi connectivity index (χ1v) is 8.02. The number of esters is 1. The van der Waals surface area contributed by atoms with Crippen molar-refractivity contribution in [2.45, 2.75) is 71.3 Å². The smallest absolute Gasteiger partial charge is 0.325 e. The monoisotopic (exact) mass is 287 g/mol. The second kappa shape index (κ2) is 12.2. The van der Waals surface area contributed by atoms with E-state index < -0.39 is 5.54 Å². The van der Waals surface area contributed by atoms with Gasteiger partial charge in [0.1, 0.15) is 5.54 Å². The summed E-state index contributed by atoms with van der Waals surface area (Å²) in [6.07, 6.45) is 7.53. The molecule has 0 radical (unpaired) electrons. The van der Waals surface area contributed by atoms with Gasteiger partial charge in [-0.1, -0.05) is 33.1 Å². The van der Waals surface area contributed by atoms with Gasteiger partial charge in [0, 0.05) is 13.2 Å². The number of nitrogens with one attached hydrogen (secondary N) is 1. The SMILES string of the molecule is CCCCCCOCCCC(C)(NCCC)C(=O)OC. The maximum Gasteiger partial charge on any atom is 0.325 e. The number of carbonyl (C=O) groups is 1. The molecule has 0 aliphatic heterocycles. The normalized spacial score (nSPS) is 14.0. The summed E-state index contributed by atoms with van der Waals surface area (Å²) in [6, 6.07) is 0. The maximum atomic E-state index is 11.9. The second-order valence-corrected chi connectivity index (χ2v) is 5.53. The van der Waals surface area contributed by atoms with Gasteiger partial charge in [0.05, 0.1) is 7.11 Å². The van der Waals surface area contributed by atoms with Crippen LogP contribution in [0.2, 0.25) is 0 Å². The predicted octanol–water partition coefficient (Wildman–Crippen LogP) is 3.29. The molecule has 0 aliphatic rings. The van der Waals surface area contributed by atoms with Crippen LogP contribution in [0.4, 0.5) is 0 Å². The zero-order valence-electron chi connectivity index (χ0n) is 13.8. The molecule has 1 atom stereocenters. The Balaban J connectivity index is 3.82. The van der Waals surface area contributed by atoms with Crippen molar-refractivity contribution >= 4 is 5.97 Å². The van der Waals surface area contributed by atoms with Crippen molar-refractivity contribution in [1.82, 2.24) is 5.32 Å². The third-order valence-electron chi connectivity index (χ3n) is 3.51. The molecule has 0 fully saturated rings.